The summed E-state index contributed by atoms with van der Waals surface area (Å²) in [6, 6.07) is 2.75. The van der Waals surface area contributed by atoms with Crippen molar-refractivity contribution in [1.29, 1.82) is 0 Å². The summed E-state index contributed by atoms with van der Waals surface area (Å²) in [5.41, 5.74) is 0. The normalized spacial score (nSPS) is 11.9. The van der Waals surface area contributed by atoms with E-state index in [2.05, 4.69) is 4.72 Å². The highest BCUT2D eigenvalue weighted by molar-refractivity contribution is 7.89. The fourth-order valence-corrected chi connectivity index (χ4v) is 2.46. The fourth-order valence-electron chi connectivity index (χ4n) is 1.44. The highest BCUT2D eigenvalue weighted by Crippen LogP contribution is 2.13. The summed E-state index contributed by atoms with van der Waals surface area (Å²) in [7, 11) is -2.03. The van der Waals surface area contributed by atoms with Gasteiger partial charge in [0.25, 0.3) is 10.0 Å². The van der Waals surface area contributed by atoms with Crippen LogP contribution in [0.1, 0.15) is 18.6 Å². The van der Waals surface area contributed by atoms with E-state index in [1.807, 2.05) is 0 Å². The number of aliphatic hydroxyl groups is 1. The van der Waals surface area contributed by atoms with E-state index in [-0.39, 0.29) is 17.5 Å². The summed E-state index contributed by atoms with van der Waals surface area (Å²) in [4.78, 5) is 0. The Balaban J connectivity index is 2.20. The lowest BCUT2D eigenvalue weighted by atomic mass is 10.3. The molecule has 8 heteroatoms. The lowest BCUT2D eigenvalue weighted by molar-refractivity contribution is 0.0689. The molecule has 1 heterocycles. The second kappa shape index (κ2) is 9.09. The SMILES string of the molecule is COCCOCCCCNS(=O)(=O)c1ccc(CO)o1. The Kier molecular flexibility index (Phi) is 7.78. The molecule has 2 N–H and O–H groups in total. The summed E-state index contributed by atoms with van der Waals surface area (Å²) in [5.74, 6) is 0.219. The molecule has 0 aliphatic carbocycles. The van der Waals surface area contributed by atoms with Crippen LogP contribution >= 0.6 is 0 Å². The van der Waals surface area contributed by atoms with Gasteiger partial charge in [0.05, 0.1) is 13.2 Å². The predicted octanol–water partition coefficient (Wildman–Crippen LogP) is 0.493. The molecule has 20 heavy (non-hydrogen) atoms. The molecule has 1 rings (SSSR count). The highest BCUT2D eigenvalue weighted by Gasteiger charge is 2.17. The highest BCUT2D eigenvalue weighted by atomic mass is 32.2. The zero-order chi connectivity index (χ0) is 14.8. The van der Waals surface area contributed by atoms with E-state index in [0.29, 0.717) is 32.8 Å². The Bertz CT molecular complexity index is 470. The van der Waals surface area contributed by atoms with Gasteiger partial charge in [-0.05, 0) is 25.0 Å². The van der Waals surface area contributed by atoms with Crippen molar-refractivity contribution in [3.8, 4) is 0 Å². The molecule has 0 aliphatic rings. The van der Waals surface area contributed by atoms with Crippen molar-refractivity contribution in [2.45, 2.75) is 24.5 Å². The van der Waals surface area contributed by atoms with Gasteiger partial charge in [-0.3, -0.25) is 0 Å². The number of aliphatic hydroxyl groups excluding tert-OH is 1. The van der Waals surface area contributed by atoms with Crippen molar-refractivity contribution in [1.82, 2.24) is 4.72 Å². The molecule has 0 bridgehead atoms. The Hall–Kier alpha value is -0.930. The number of methoxy groups -OCH3 is 1. The van der Waals surface area contributed by atoms with Crippen molar-refractivity contribution in [3.05, 3.63) is 17.9 Å². The van der Waals surface area contributed by atoms with E-state index < -0.39 is 10.0 Å². The van der Waals surface area contributed by atoms with Crippen molar-refractivity contribution < 1.29 is 27.4 Å². The van der Waals surface area contributed by atoms with Crippen LogP contribution in [0.15, 0.2) is 21.6 Å². The fraction of sp³-hybridized carbons (Fsp3) is 0.667. The minimum Gasteiger partial charge on any atom is -0.446 e. The third-order valence-electron chi connectivity index (χ3n) is 2.50. The van der Waals surface area contributed by atoms with E-state index in [9.17, 15) is 8.42 Å². The minimum absolute atomic E-state index is 0.183. The van der Waals surface area contributed by atoms with Crippen molar-refractivity contribution in [2.75, 3.05) is 33.5 Å². The molecule has 1 aromatic heterocycles. The topological polar surface area (TPSA) is 98.0 Å². The lowest BCUT2D eigenvalue weighted by Crippen LogP contribution is -2.24. The quantitative estimate of drug-likeness (QED) is 0.578. The van der Waals surface area contributed by atoms with E-state index in [0.717, 1.165) is 6.42 Å². The van der Waals surface area contributed by atoms with Crippen LogP contribution in [0.4, 0.5) is 0 Å². The van der Waals surface area contributed by atoms with Crippen LogP contribution < -0.4 is 4.72 Å². The molecule has 0 atom stereocenters. The lowest BCUT2D eigenvalue weighted by Gasteiger charge is -2.05. The van der Waals surface area contributed by atoms with Gasteiger partial charge < -0.3 is 19.0 Å². The molecule has 0 radical (unpaired) electrons. The van der Waals surface area contributed by atoms with E-state index in [1.165, 1.54) is 12.1 Å². The number of sulfonamides is 1. The van der Waals surface area contributed by atoms with Crippen LogP contribution in [-0.2, 0) is 26.1 Å². The standard InChI is InChI=1S/C12H21NO6S/c1-17-8-9-18-7-3-2-6-13-20(15,16)12-5-4-11(10-14)19-12/h4-5,13-14H,2-3,6-10H2,1H3. The number of rotatable bonds is 11. The van der Waals surface area contributed by atoms with Gasteiger partial charge in [0.2, 0.25) is 5.09 Å². The summed E-state index contributed by atoms with van der Waals surface area (Å²) in [5, 5.41) is 8.64. The molecule has 0 saturated heterocycles. The maximum absolute atomic E-state index is 11.8. The second-order valence-electron chi connectivity index (χ2n) is 4.09. The Labute approximate surface area is 118 Å². The van der Waals surface area contributed by atoms with Gasteiger partial charge in [-0.1, -0.05) is 0 Å². The summed E-state index contributed by atoms with van der Waals surface area (Å²) >= 11 is 0. The summed E-state index contributed by atoms with van der Waals surface area (Å²) in [6.07, 6.45) is 1.42. The van der Waals surface area contributed by atoms with Gasteiger partial charge in [-0.15, -0.1) is 0 Å². The monoisotopic (exact) mass is 307 g/mol. The van der Waals surface area contributed by atoms with Crippen LogP contribution in [0.3, 0.4) is 0 Å². The number of furan rings is 1. The van der Waals surface area contributed by atoms with Crippen LogP contribution in [0.5, 0.6) is 0 Å². The molecule has 1 aromatic rings. The zero-order valence-electron chi connectivity index (χ0n) is 11.5. The smallest absolute Gasteiger partial charge is 0.273 e. The largest absolute Gasteiger partial charge is 0.446 e. The number of nitrogens with one attached hydrogen (secondary N) is 1. The number of ether oxygens (including phenoxy) is 2. The summed E-state index contributed by atoms with van der Waals surface area (Å²) < 4.78 is 41.1. The number of hydrogen-bond acceptors (Lipinski definition) is 6. The van der Waals surface area contributed by atoms with Gasteiger partial charge >= 0.3 is 0 Å². The Morgan fingerprint density at radius 3 is 2.70 bits per heavy atom. The van der Waals surface area contributed by atoms with Crippen LogP contribution in [0.2, 0.25) is 0 Å². The Morgan fingerprint density at radius 1 is 1.25 bits per heavy atom. The number of hydrogen-bond donors (Lipinski definition) is 2. The average Bonchev–Trinajstić information content (AvgIpc) is 2.91. The number of unbranched alkanes of at least 4 members (excludes halogenated alkanes) is 1. The van der Waals surface area contributed by atoms with Gasteiger partial charge in [0.1, 0.15) is 12.4 Å². The van der Waals surface area contributed by atoms with Gasteiger partial charge in [0, 0.05) is 20.3 Å². The van der Waals surface area contributed by atoms with E-state index >= 15 is 0 Å². The first kappa shape index (κ1) is 17.1. The molecule has 0 saturated carbocycles. The molecule has 0 unspecified atom stereocenters. The molecule has 7 nitrogen and oxygen atoms in total. The maximum atomic E-state index is 11.8. The summed E-state index contributed by atoms with van der Waals surface area (Å²) in [6.45, 7) is 1.65. The molecule has 0 aromatic carbocycles. The molecule has 116 valence electrons. The second-order valence-corrected chi connectivity index (χ2v) is 5.79. The third kappa shape index (κ3) is 6.02. The first-order valence-corrected chi connectivity index (χ1v) is 7.84. The van der Waals surface area contributed by atoms with Crippen molar-refractivity contribution in [2.24, 2.45) is 0 Å². The van der Waals surface area contributed by atoms with Gasteiger partial charge in [-0.2, -0.15) is 0 Å². The van der Waals surface area contributed by atoms with E-state index in [4.69, 9.17) is 19.0 Å². The van der Waals surface area contributed by atoms with Crippen molar-refractivity contribution in [3.63, 3.8) is 0 Å². The van der Waals surface area contributed by atoms with E-state index in [1.54, 1.807) is 7.11 Å². The maximum Gasteiger partial charge on any atom is 0.273 e. The first-order valence-electron chi connectivity index (χ1n) is 6.36. The van der Waals surface area contributed by atoms with Crippen LogP contribution in [0, 0.1) is 0 Å². The van der Waals surface area contributed by atoms with Gasteiger partial charge in [0.15, 0.2) is 0 Å². The average molecular weight is 307 g/mol. The molecular weight excluding hydrogens is 286 g/mol. The van der Waals surface area contributed by atoms with Crippen LogP contribution in [-0.4, -0.2) is 47.0 Å². The zero-order valence-corrected chi connectivity index (χ0v) is 12.3. The predicted molar refractivity (Wildman–Crippen MR) is 71.7 cm³/mol. The Morgan fingerprint density at radius 2 is 2.05 bits per heavy atom. The van der Waals surface area contributed by atoms with Crippen LogP contribution in [0.25, 0.3) is 0 Å². The molecule has 0 spiro atoms. The van der Waals surface area contributed by atoms with Gasteiger partial charge in [-0.25, -0.2) is 13.1 Å². The molecular formula is C12H21NO6S. The third-order valence-corrected chi connectivity index (χ3v) is 3.83. The molecule has 0 amide bonds. The minimum atomic E-state index is -3.64. The molecule has 0 aliphatic heterocycles. The molecule has 0 fully saturated rings. The van der Waals surface area contributed by atoms with Crippen molar-refractivity contribution >= 4 is 10.0 Å². The first-order chi connectivity index (χ1) is 9.60.